The second-order valence-electron chi connectivity index (χ2n) is 3.86. The Labute approximate surface area is 99.4 Å². The zero-order valence-corrected chi connectivity index (χ0v) is 9.63. The number of carbonyl (C=O) groups is 1. The Morgan fingerprint density at radius 1 is 1.38 bits per heavy atom. The second kappa shape index (κ2) is 4.61. The molecule has 1 aromatic carbocycles. The summed E-state index contributed by atoms with van der Waals surface area (Å²) in [7, 11) is 0. The average molecular weight is 240 g/mol. The fourth-order valence-electron chi connectivity index (χ4n) is 1.75. The topological polar surface area (TPSA) is 58.4 Å². The summed E-state index contributed by atoms with van der Waals surface area (Å²) in [6.07, 6.45) is 2.14. The summed E-state index contributed by atoms with van der Waals surface area (Å²) in [6, 6.07) is 4.96. The van der Waals surface area contributed by atoms with Gasteiger partial charge in [-0.15, -0.1) is 0 Å². The highest BCUT2D eigenvalue weighted by molar-refractivity contribution is 6.34. The van der Waals surface area contributed by atoms with Crippen LogP contribution in [0.5, 0.6) is 0 Å². The number of carbonyl (C=O) groups excluding carboxylic acids is 1. The highest BCUT2D eigenvalue weighted by Gasteiger charge is 2.18. The first kappa shape index (κ1) is 11.1. The van der Waals surface area contributed by atoms with Crippen LogP contribution in [-0.4, -0.2) is 24.0 Å². The largest absolute Gasteiger partial charge is 0.399 e. The van der Waals surface area contributed by atoms with Crippen LogP contribution in [0.2, 0.25) is 5.02 Å². The smallest absolute Gasteiger partial charge is 0.321 e. The molecule has 4 nitrogen and oxygen atoms in total. The Morgan fingerprint density at radius 2 is 2.06 bits per heavy atom. The van der Waals surface area contributed by atoms with E-state index >= 15 is 0 Å². The normalized spacial score (nSPS) is 15.2. The van der Waals surface area contributed by atoms with Crippen molar-refractivity contribution < 1.29 is 4.79 Å². The highest BCUT2D eigenvalue weighted by atomic mass is 35.5. The maximum Gasteiger partial charge on any atom is 0.321 e. The van der Waals surface area contributed by atoms with Crippen LogP contribution in [0, 0.1) is 0 Å². The summed E-state index contributed by atoms with van der Waals surface area (Å²) in [6.45, 7) is 1.64. The van der Waals surface area contributed by atoms with Crippen molar-refractivity contribution in [1.82, 2.24) is 4.90 Å². The number of hydrogen-bond acceptors (Lipinski definition) is 2. The molecule has 5 heteroatoms. The average Bonchev–Trinajstić information content (AvgIpc) is 2.75. The summed E-state index contributed by atoms with van der Waals surface area (Å²) in [5.41, 5.74) is 6.76. The van der Waals surface area contributed by atoms with E-state index in [0.29, 0.717) is 16.4 Å². The lowest BCUT2D eigenvalue weighted by molar-refractivity contribution is 0.222. The van der Waals surface area contributed by atoms with Crippen LogP contribution in [0.1, 0.15) is 12.8 Å². The predicted molar refractivity (Wildman–Crippen MR) is 65.7 cm³/mol. The molecule has 86 valence electrons. The predicted octanol–water partition coefficient (Wildman–Crippen LogP) is 2.55. The Hall–Kier alpha value is -1.42. The molecule has 1 fully saturated rings. The van der Waals surface area contributed by atoms with Gasteiger partial charge in [0.15, 0.2) is 0 Å². The molecule has 0 unspecified atom stereocenters. The van der Waals surface area contributed by atoms with Crippen molar-refractivity contribution in [2.75, 3.05) is 24.1 Å². The summed E-state index contributed by atoms with van der Waals surface area (Å²) < 4.78 is 0. The minimum absolute atomic E-state index is 0.0934. The van der Waals surface area contributed by atoms with E-state index in [-0.39, 0.29) is 6.03 Å². The first-order valence-electron chi connectivity index (χ1n) is 5.28. The summed E-state index contributed by atoms with van der Waals surface area (Å²) in [5, 5.41) is 3.24. The molecule has 1 saturated heterocycles. The van der Waals surface area contributed by atoms with Crippen LogP contribution in [0.3, 0.4) is 0 Å². The van der Waals surface area contributed by atoms with Crippen LogP contribution in [-0.2, 0) is 0 Å². The van der Waals surface area contributed by atoms with Crippen LogP contribution in [0.4, 0.5) is 16.2 Å². The number of nitrogens with zero attached hydrogens (tertiary/aromatic N) is 1. The standard InChI is InChI=1S/C11H14ClN3O/c12-9-7-8(13)3-4-10(9)14-11(16)15-5-1-2-6-15/h3-4,7H,1-2,5-6,13H2,(H,14,16). The Balaban J connectivity index is 2.05. The molecule has 1 heterocycles. The monoisotopic (exact) mass is 239 g/mol. The van der Waals surface area contributed by atoms with Crippen LogP contribution >= 0.6 is 11.6 Å². The van der Waals surface area contributed by atoms with Gasteiger partial charge < -0.3 is 16.0 Å². The quantitative estimate of drug-likeness (QED) is 0.740. The van der Waals surface area contributed by atoms with Gasteiger partial charge in [0.2, 0.25) is 0 Å². The van der Waals surface area contributed by atoms with E-state index in [1.807, 2.05) is 0 Å². The molecular weight excluding hydrogens is 226 g/mol. The summed E-state index contributed by atoms with van der Waals surface area (Å²) in [5.74, 6) is 0. The van der Waals surface area contributed by atoms with Gasteiger partial charge in [0, 0.05) is 18.8 Å². The van der Waals surface area contributed by atoms with Crippen molar-refractivity contribution in [3.63, 3.8) is 0 Å². The summed E-state index contributed by atoms with van der Waals surface area (Å²) in [4.78, 5) is 13.6. The number of nitrogen functional groups attached to an aromatic ring is 1. The minimum Gasteiger partial charge on any atom is -0.399 e. The fourth-order valence-corrected chi connectivity index (χ4v) is 1.98. The lowest BCUT2D eigenvalue weighted by Crippen LogP contribution is -2.32. The molecule has 3 N–H and O–H groups in total. The van der Waals surface area contributed by atoms with Gasteiger partial charge in [-0.3, -0.25) is 0 Å². The van der Waals surface area contributed by atoms with Gasteiger partial charge in [0.05, 0.1) is 10.7 Å². The molecule has 0 atom stereocenters. The molecule has 2 rings (SSSR count). The van der Waals surface area contributed by atoms with E-state index in [0.717, 1.165) is 25.9 Å². The maximum atomic E-state index is 11.8. The van der Waals surface area contributed by atoms with Crippen LogP contribution in [0.15, 0.2) is 18.2 Å². The van der Waals surface area contributed by atoms with Gasteiger partial charge in [-0.1, -0.05) is 11.6 Å². The zero-order valence-electron chi connectivity index (χ0n) is 8.87. The van der Waals surface area contributed by atoms with E-state index in [1.165, 1.54) is 0 Å². The van der Waals surface area contributed by atoms with Crippen molar-refractivity contribution in [2.24, 2.45) is 0 Å². The number of benzene rings is 1. The van der Waals surface area contributed by atoms with Gasteiger partial charge in [-0.2, -0.15) is 0 Å². The lowest BCUT2D eigenvalue weighted by atomic mass is 10.3. The number of nitrogens with one attached hydrogen (secondary N) is 1. The molecule has 16 heavy (non-hydrogen) atoms. The number of hydrogen-bond donors (Lipinski definition) is 2. The van der Waals surface area contributed by atoms with Crippen LogP contribution in [0.25, 0.3) is 0 Å². The van der Waals surface area contributed by atoms with Crippen molar-refractivity contribution in [3.8, 4) is 0 Å². The first-order chi connectivity index (χ1) is 7.66. The van der Waals surface area contributed by atoms with E-state index in [2.05, 4.69) is 5.32 Å². The highest BCUT2D eigenvalue weighted by Crippen LogP contribution is 2.24. The maximum absolute atomic E-state index is 11.8. The van der Waals surface area contributed by atoms with Crippen molar-refractivity contribution in [1.29, 1.82) is 0 Å². The molecule has 1 aromatic rings. The van der Waals surface area contributed by atoms with E-state index < -0.39 is 0 Å². The number of halogens is 1. The molecule has 0 bridgehead atoms. The van der Waals surface area contributed by atoms with Gasteiger partial charge in [-0.05, 0) is 31.0 Å². The molecule has 1 aliphatic heterocycles. The van der Waals surface area contributed by atoms with E-state index in [9.17, 15) is 4.79 Å². The number of nitrogens with two attached hydrogens (primary N) is 1. The first-order valence-corrected chi connectivity index (χ1v) is 5.65. The fraction of sp³-hybridized carbons (Fsp3) is 0.364. The zero-order chi connectivity index (χ0) is 11.5. The molecule has 0 aliphatic carbocycles. The Kier molecular flexibility index (Phi) is 3.19. The lowest BCUT2D eigenvalue weighted by Gasteiger charge is -2.16. The molecule has 0 radical (unpaired) electrons. The minimum atomic E-state index is -0.0934. The van der Waals surface area contributed by atoms with Gasteiger partial charge >= 0.3 is 6.03 Å². The molecule has 0 spiro atoms. The van der Waals surface area contributed by atoms with Gasteiger partial charge in [0.25, 0.3) is 0 Å². The van der Waals surface area contributed by atoms with Crippen molar-refractivity contribution in [2.45, 2.75) is 12.8 Å². The Bertz CT molecular complexity index is 402. The Morgan fingerprint density at radius 3 is 2.69 bits per heavy atom. The number of likely N-dealkylation sites (tertiary alicyclic amines) is 1. The third kappa shape index (κ3) is 2.39. The molecule has 0 aromatic heterocycles. The molecular formula is C11H14ClN3O. The van der Waals surface area contributed by atoms with Gasteiger partial charge in [-0.25, -0.2) is 4.79 Å². The van der Waals surface area contributed by atoms with Gasteiger partial charge in [0.1, 0.15) is 0 Å². The van der Waals surface area contributed by atoms with E-state index in [4.69, 9.17) is 17.3 Å². The number of rotatable bonds is 1. The molecule has 0 saturated carbocycles. The molecule has 1 aliphatic rings. The van der Waals surface area contributed by atoms with Crippen molar-refractivity contribution in [3.05, 3.63) is 23.2 Å². The summed E-state index contributed by atoms with van der Waals surface area (Å²) >= 11 is 5.97. The van der Waals surface area contributed by atoms with E-state index in [1.54, 1.807) is 23.1 Å². The number of anilines is 2. The third-order valence-corrected chi connectivity index (χ3v) is 2.94. The third-order valence-electron chi connectivity index (χ3n) is 2.63. The van der Waals surface area contributed by atoms with Crippen molar-refractivity contribution >= 4 is 29.0 Å². The van der Waals surface area contributed by atoms with Crippen LogP contribution < -0.4 is 11.1 Å². The molecule has 2 amide bonds. The SMILES string of the molecule is Nc1ccc(NC(=O)N2CCCC2)c(Cl)c1. The number of amides is 2. The number of urea groups is 1. The second-order valence-corrected chi connectivity index (χ2v) is 4.27.